The summed E-state index contributed by atoms with van der Waals surface area (Å²) in [5.74, 6) is -0.451. The Bertz CT molecular complexity index is 457. The van der Waals surface area contributed by atoms with E-state index in [1.807, 2.05) is 0 Å². The lowest BCUT2D eigenvalue weighted by Gasteiger charge is -2.35. The maximum atomic E-state index is 14.2. The van der Waals surface area contributed by atoms with Crippen LogP contribution in [0.25, 0.3) is 0 Å². The second-order valence-corrected chi connectivity index (χ2v) is 6.27. The molecule has 0 spiro atoms. The maximum absolute atomic E-state index is 14.2. The molecule has 1 heterocycles. The van der Waals surface area contributed by atoms with Gasteiger partial charge in [-0.25, -0.2) is 8.78 Å². The van der Waals surface area contributed by atoms with E-state index in [2.05, 4.69) is 26.1 Å². The number of halogens is 5. The molecule has 2 aliphatic rings. The maximum Gasteiger partial charge on any atom is 0.132 e. The van der Waals surface area contributed by atoms with Crippen molar-refractivity contribution in [2.75, 3.05) is 26.2 Å². The fraction of sp³-hybridized carbons (Fsp3) is 0.571. The summed E-state index contributed by atoms with van der Waals surface area (Å²) in [5, 5.41) is 3.28. The van der Waals surface area contributed by atoms with Crippen molar-refractivity contribution in [1.29, 1.82) is 0 Å². The number of piperazine rings is 1. The van der Waals surface area contributed by atoms with Gasteiger partial charge in [0.15, 0.2) is 0 Å². The van der Waals surface area contributed by atoms with E-state index < -0.39 is 11.6 Å². The summed E-state index contributed by atoms with van der Waals surface area (Å²) in [4.78, 5) is 2.23. The van der Waals surface area contributed by atoms with Crippen LogP contribution in [-0.4, -0.2) is 31.1 Å². The largest absolute Gasteiger partial charge is 0.314 e. The van der Waals surface area contributed by atoms with Crippen molar-refractivity contribution in [3.8, 4) is 0 Å². The Morgan fingerprint density at radius 1 is 1.10 bits per heavy atom. The molecule has 7 heteroatoms. The van der Waals surface area contributed by atoms with E-state index in [4.69, 9.17) is 0 Å². The van der Waals surface area contributed by atoms with Crippen LogP contribution in [0, 0.1) is 17.6 Å². The Kier molecular flexibility index (Phi) is 7.34. The van der Waals surface area contributed by atoms with Gasteiger partial charge in [0.1, 0.15) is 11.6 Å². The Labute approximate surface area is 144 Å². The van der Waals surface area contributed by atoms with Crippen LogP contribution >= 0.6 is 40.7 Å². The zero-order valence-corrected chi connectivity index (χ0v) is 14.7. The molecule has 2 fully saturated rings. The number of rotatable bonds is 3. The molecule has 1 aliphatic carbocycles. The van der Waals surface area contributed by atoms with Gasteiger partial charge < -0.3 is 5.32 Å². The van der Waals surface area contributed by atoms with Crippen LogP contribution in [0.1, 0.15) is 24.4 Å². The van der Waals surface area contributed by atoms with Gasteiger partial charge in [-0.2, -0.15) is 0 Å². The third kappa shape index (κ3) is 4.29. The zero-order valence-electron chi connectivity index (χ0n) is 11.4. The summed E-state index contributed by atoms with van der Waals surface area (Å²) in [6.07, 6.45) is 2.15. The molecule has 21 heavy (non-hydrogen) atoms. The minimum atomic E-state index is -0.428. The van der Waals surface area contributed by atoms with E-state index in [9.17, 15) is 8.78 Å². The Hall–Kier alpha value is 0.0600. The van der Waals surface area contributed by atoms with Gasteiger partial charge in [0.25, 0.3) is 0 Å². The molecule has 1 atom stereocenters. The molecule has 1 saturated carbocycles. The lowest BCUT2D eigenvalue weighted by Crippen LogP contribution is -2.46. The summed E-state index contributed by atoms with van der Waals surface area (Å²) < 4.78 is 28.8. The molecule has 1 saturated heterocycles. The predicted octanol–water partition coefficient (Wildman–Crippen LogP) is 3.93. The summed E-state index contributed by atoms with van der Waals surface area (Å²) >= 11 is 3.14. The molecular formula is C14H19BrCl2F2N2. The SMILES string of the molecule is Cl.Cl.Fc1cc(Br)cc(F)c1[C@H](C1CC1)N1CCNCC1. The minimum Gasteiger partial charge on any atom is -0.314 e. The molecule has 3 rings (SSSR count). The zero-order chi connectivity index (χ0) is 13.4. The normalized spacial score (nSPS) is 20.3. The first kappa shape index (κ1) is 19.1. The van der Waals surface area contributed by atoms with Crippen molar-refractivity contribution < 1.29 is 8.78 Å². The van der Waals surface area contributed by atoms with Gasteiger partial charge >= 0.3 is 0 Å². The van der Waals surface area contributed by atoms with Crippen molar-refractivity contribution in [3.05, 3.63) is 33.8 Å². The van der Waals surface area contributed by atoms with Gasteiger partial charge in [-0.15, -0.1) is 24.8 Å². The molecule has 0 amide bonds. The van der Waals surface area contributed by atoms with Crippen molar-refractivity contribution in [2.45, 2.75) is 18.9 Å². The van der Waals surface area contributed by atoms with Crippen molar-refractivity contribution in [1.82, 2.24) is 10.2 Å². The van der Waals surface area contributed by atoms with Gasteiger partial charge in [0.05, 0.1) is 0 Å². The Balaban J connectivity index is 0.00000110. The number of hydrogen-bond donors (Lipinski definition) is 1. The van der Waals surface area contributed by atoms with E-state index in [0.717, 1.165) is 39.0 Å². The number of hydrogen-bond acceptors (Lipinski definition) is 2. The molecule has 0 aromatic heterocycles. The first-order chi connectivity index (χ1) is 9.16. The summed E-state index contributed by atoms with van der Waals surface area (Å²) in [6, 6.07) is 2.64. The second-order valence-electron chi connectivity index (χ2n) is 5.35. The molecule has 1 aliphatic heterocycles. The van der Waals surface area contributed by atoms with Crippen molar-refractivity contribution in [2.24, 2.45) is 5.92 Å². The highest BCUT2D eigenvalue weighted by Crippen LogP contribution is 2.46. The van der Waals surface area contributed by atoms with E-state index in [-0.39, 0.29) is 36.4 Å². The number of benzene rings is 1. The van der Waals surface area contributed by atoms with E-state index in [0.29, 0.717) is 10.4 Å². The first-order valence-corrected chi connectivity index (χ1v) is 7.55. The average Bonchev–Trinajstić information content (AvgIpc) is 3.18. The number of nitrogens with one attached hydrogen (secondary N) is 1. The van der Waals surface area contributed by atoms with Crippen LogP contribution in [0.2, 0.25) is 0 Å². The standard InChI is InChI=1S/C14H17BrF2N2.2ClH/c15-10-7-11(16)13(12(17)8-10)14(9-1-2-9)19-5-3-18-4-6-19;;/h7-9,14,18H,1-6H2;2*1H/t14-;;/m0../s1. The van der Waals surface area contributed by atoms with Crippen LogP contribution in [0.4, 0.5) is 8.78 Å². The van der Waals surface area contributed by atoms with E-state index in [1.54, 1.807) is 0 Å². The van der Waals surface area contributed by atoms with Gasteiger partial charge in [-0.3, -0.25) is 4.90 Å². The van der Waals surface area contributed by atoms with E-state index in [1.165, 1.54) is 12.1 Å². The van der Waals surface area contributed by atoms with Crippen LogP contribution in [0.5, 0.6) is 0 Å². The van der Waals surface area contributed by atoms with Crippen LogP contribution < -0.4 is 5.32 Å². The highest BCUT2D eigenvalue weighted by molar-refractivity contribution is 9.10. The molecule has 1 N–H and O–H groups in total. The molecule has 120 valence electrons. The first-order valence-electron chi connectivity index (χ1n) is 6.76. The summed E-state index contributed by atoms with van der Waals surface area (Å²) in [5.41, 5.74) is 0.257. The van der Waals surface area contributed by atoms with Gasteiger partial charge in [0.2, 0.25) is 0 Å². The Morgan fingerprint density at radius 2 is 1.62 bits per heavy atom. The second kappa shape index (κ2) is 8.06. The quantitative estimate of drug-likeness (QED) is 0.822. The highest BCUT2D eigenvalue weighted by Gasteiger charge is 2.39. The molecule has 1 aromatic rings. The molecule has 0 unspecified atom stereocenters. The van der Waals surface area contributed by atoms with E-state index >= 15 is 0 Å². The van der Waals surface area contributed by atoms with Gasteiger partial charge in [0, 0.05) is 42.3 Å². The number of nitrogens with zero attached hydrogens (tertiary/aromatic N) is 1. The van der Waals surface area contributed by atoms with Gasteiger partial charge in [-0.1, -0.05) is 15.9 Å². The lowest BCUT2D eigenvalue weighted by molar-refractivity contribution is 0.149. The Morgan fingerprint density at radius 3 is 2.10 bits per heavy atom. The fourth-order valence-electron chi connectivity index (χ4n) is 2.92. The third-order valence-electron chi connectivity index (χ3n) is 3.95. The minimum absolute atomic E-state index is 0. The smallest absolute Gasteiger partial charge is 0.132 e. The molecule has 0 bridgehead atoms. The summed E-state index contributed by atoms with van der Waals surface area (Å²) in [6.45, 7) is 3.50. The molecule has 1 aromatic carbocycles. The van der Waals surface area contributed by atoms with Crippen LogP contribution in [0.3, 0.4) is 0 Å². The average molecular weight is 404 g/mol. The van der Waals surface area contributed by atoms with Gasteiger partial charge in [-0.05, 0) is 30.9 Å². The molecular weight excluding hydrogens is 385 g/mol. The van der Waals surface area contributed by atoms with Crippen LogP contribution in [-0.2, 0) is 0 Å². The van der Waals surface area contributed by atoms with Crippen LogP contribution in [0.15, 0.2) is 16.6 Å². The predicted molar refractivity (Wildman–Crippen MR) is 88.5 cm³/mol. The fourth-order valence-corrected chi connectivity index (χ4v) is 3.33. The molecule has 2 nitrogen and oxygen atoms in total. The van der Waals surface area contributed by atoms with Crippen molar-refractivity contribution in [3.63, 3.8) is 0 Å². The summed E-state index contributed by atoms with van der Waals surface area (Å²) in [7, 11) is 0. The lowest BCUT2D eigenvalue weighted by atomic mass is 9.98. The molecule has 0 radical (unpaired) electrons. The highest BCUT2D eigenvalue weighted by atomic mass is 79.9. The third-order valence-corrected chi connectivity index (χ3v) is 4.41. The topological polar surface area (TPSA) is 15.3 Å². The van der Waals surface area contributed by atoms with Crippen molar-refractivity contribution >= 4 is 40.7 Å². The monoisotopic (exact) mass is 402 g/mol.